The normalized spacial score (nSPS) is 18.4. The second-order valence-corrected chi connectivity index (χ2v) is 8.80. The molecule has 6 nitrogen and oxygen atoms in total. The zero-order valence-corrected chi connectivity index (χ0v) is 17.8. The molecule has 0 spiro atoms. The van der Waals surface area contributed by atoms with Gasteiger partial charge in [0.1, 0.15) is 6.04 Å². The van der Waals surface area contributed by atoms with Crippen molar-refractivity contribution >= 4 is 17.8 Å². The Hall–Kier alpha value is -2.37. The third kappa shape index (κ3) is 5.33. The molecule has 2 atom stereocenters. The predicted molar refractivity (Wildman–Crippen MR) is 108 cm³/mol. The molecule has 2 rings (SSSR count). The highest BCUT2D eigenvalue weighted by atomic mass is 16.5. The summed E-state index contributed by atoms with van der Waals surface area (Å²) >= 11 is 0. The van der Waals surface area contributed by atoms with E-state index in [1.54, 1.807) is 4.90 Å². The van der Waals surface area contributed by atoms with Crippen LogP contribution in [0.15, 0.2) is 18.2 Å². The Morgan fingerprint density at radius 2 is 1.75 bits per heavy atom. The van der Waals surface area contributed by atoms with E-state index < -0.39 is 17.4 Å². The molecule has 0 saturated carbocycles. The maximum atomic E-state index is 12.9. The van der Waals surface area contributed by atoms with Gasteiger partial charge in [-0.05, 0) is 44.2 Å². The molecule has 1 aromatic carbocycles. The summed E-state index contributed by atoms with van der Waals surface area (Å²) in [6, 6.07) is 5.07. The Morgan fingerprint density at radius 1 is 1.14 bits per heavy atom. The fraction of sp³-hybridized carbons (Fsp3) is 0.591. The Labute approximate surface area is 167 Å². The first-order valence-electron chi connectivity index (χ1n) is 9.78. The van der Waals surface area contributed by atoms with Crippen LogP contribution in [-0.2, 0) is 14.3 Å². The second kappa shape index (κ2) is 8.76. The molecule has 2 unspecified atom stereocenters. The maximum absolute atomic E-state index is 12.9. The Balaban J connectivity index is 2.10. The summed E-state index contributed by atoms with van der Waals surface area (Å²) in [5, 5.41) is 2.84. The molecule has 0 aliphatic carbocycles. The van der Waals surface area contributed by atoms with Gasteiger partial charge >= 0.3 is 5.97 Å². The number of esters is 1. The molecule has 0 aromatic heterocycles. The number of amides is 2. The average Bonchev–Trinajstić information content (AvgIpc) is 2.63. The number of methoxy groups -OCH3 is 1. The number of piperidine rings is 1. The first-order chi connectivity index (χ1) is 13.0. The molecule has 0 radical (unpaired) electrons. The van der Waals surface area contributed by atoms with Gasteiger partial charge in [-0.25, -0.2) is 4.79 Å². The first-order valence-corrected chi connectivity index (χ1v) is 9.78. The van der Waals surface area contributed by atoms with Gasteiger partial charge in [-0.15, -0.1) is 0 Å². The molecule has 0 bridgehead atoms. The van der Waals surface area contributed by atoms with Crippen molar-refractivity contribution in [3.05, 3.63) is 34.9 Å². The van der Waals surface area contributed by atoms with Gasteiger partial charge in [0.25, 0.3) is 5.91 Å². The Bertz CT molecular complexity index is 731. The standard InChI is InChI=1S/C22H32N2O4/c1-14-10-15(2)12-17(11-14)20(26)24-9-7-8-16(13-24)19(25)23-18(21(27)28-6)22(3,4)5/h10-12,16,18H,7-9,13H2,1-6H3,(H,23,25). The first kappa shape index (κ1) is 21.9. The minimum absolute atomic E-state index is 0.0513. The molecule has 1 heterocycles. The van der Waals surface area contributed by atoms with Crippen LogP contribution in [0.3, 0.4) is 0 Å². The summed E-state index contributed by atoms with van der Waals surface area (Å²) in [4.78, 5) is 39.6. The summed E-state index contributed by atoms with van der Waals surface area (Å²) in [5.41, 5.74) is 2.27. The summed E-state index contributed by atoms with van der Waals surface area (Å²) < 4.78 is 4.85. The number of ether oxygens (including phenoxy) is 1. The fourth-order valence-corrected chi connectivity index (χ4v) is 3.66. The highest BCUT2D eigenvalue weighted by molar-refractivity contribution is 5.95. The van der Waals surface area contributed by atoms with Gasteiger partial charge in [0.15, 0.2) is 0 Å². The fourth-order valence-electron chi connectivity index (χ4n) is 3.66. The molecule has 1 aliphatic heterocycles. The number of hydrogen-bond donors (Lipinski definition) is 1. The predicted octanol–water partition coefficient (Wildman–Crippen LogP) is 2.86. The number of likely N-dealkylation sites (tertiary alicyclic amines) is 1. The van der Waals surface area contributed by atoms with Gasteiger partial charge in [0.05, 0.1) is 13.0 Å². The lowest BCUT2D eigenvalue weighted by atomic mass is 9.86. The molecular formula is C22H32N2O4. The molecule has 2 amide bonds. The third-order valence-electron chi connectivity index (χ3n) is 5.14. The van der Waals surface area contributed by atoms with Gasteiger partial charge in [-0.2, -0.15) is 0 Å². The Morgan fingerprint density at radius 3 is 2.29 bits per heavy atom. The van der Waals surface area contributed by atoms with Gasteiger partial charge in [-0.3, -0.25) is 9.59 Å². The van der Waals surface area contributed by atoms with E-state index in [9.17, 15) is 14.4 Å². The van der Waals surface area contributed by atoms with Crippen LogP contribution in [0.4, 0.5) is 0 Å². The molecule has 154 valence electrons. The van der Waals surface area contributed by atoms with E-state index in [2.05, 4.69) is 5.32 Å². The molecular weight excluding hydrogens is 356 g/mol. The highest BCUT2D eigenvalue weighted by Gasteiger charge is 2.36. The van der Waals surface area contributed by atoms with Crippen LogP contribution in [-0.4, -0.2) is 48.9 Å². The topological polar surface area (TPSA) is 75.7 Å². The Kier molecular flexibility index (Phi) is 6.86. The summed E-state index contributed by atoms with van der Waals surface area (Å²) in [6.07, 6.45) is 1.45. The molecule has 1 aromatic rings. The van der Waals surface area contributed by atoms with Crippen molar-refractivity contribution in [1.82, 2.24) is 10.2 Å². The number of carbonyl (C=O) groups excluding carboxylic acids is 3. The van der Waals surface area contributed by atoms with Crippen molar-refractivity contribution in [2.75, 3.05) is 20.2 Å². The zero-order chi connectivity index (χ0) is 21.1. The van der Waals surface area contributed by atoms with E-state index in [1.165, 1.54) is 7.11 Å². The number of carbonyl (C=O) groups is 3. The largest absolute Gasteiger partial charge is 0.467 e. The van der Waals surface area contributed by atoms with E-state index in [0.717, 1.165) is 17.5 Å². The molecule has 6 heteroatoms. The van der Waals surface area contributed by atoms with Crippen molar-refractivity contribution < 1.29 is 19.1 Å². The molecule has 1 aliphatic rings. The minimum Gasteiger partial charge on any atom is -0.467 e. The van der Waals surface area contributed by atoms with Crippen LogP contribution in [0.5, 0.6) is 0 Å². The van der Waals surface area contributed by atoms with Crippen LogP contribution < -0.4 is 5.32 Å². The zero-order valence-electron chi connectivity index (χ0n) is 17.8. The monoisotopic (exact) mass is 388 g/mol. The lowest BCUT2D eigenvalue weighted by Crippen LogP contribution is -2.53. The van der Waals surface area contributed by atoms with Crippen LogP contribution in [0.25, 0.3) is 0 Å². The molecule has 1 saturated heterocycles. The lowest BCUT2D eigenvalue weighted by Gasteiger charge is -2.35. The van der Waals surface area contributed by atoms with Crippen molar-refractivity contribution in [1.29, 1.82) is 0 Å². The second-order valence-electron chi connectivity index (χ2n) is 8.80. The average molecular weight is 389 g/mol. The number of benzene rings is 1. The van der Waals surface area contributed by atoms with Crippen LogP contribution in [0.1, 0.15) is 55.1 Å². The van der Waals surface area contributed by atoms with Crippen molar-refractivity contribution in [3.8, 4) is 0 Å². The SMILES string of the molecule is COC(=O)C(NC(=O)C1CCCN(C(=O)c2cc(C)cc(C)c2)C1)C(C)(C)C. The number of hydrogen-bond acceptors (Lipinski definition) is 4. The summed E-state index contributed by atoms with van der Waals surface area (Å²) in [5.74, 6) is -1.05. The van der Waals surface area contributed by atoms with E-state index in [4.69, 9.17) is 4.74 Å². The van der Waals surface area contributed by atoms with Crippen molar-refractivity contribution in [2.45, 2.75) is 53.5 Å². The maximum Gasteiger partial charge on any atom is 0.328 e. The van der Waals surface area contributed by atoms with Gasteiger partial charge in [-0.1, -0.05) is 38.0 Å². The molecule has 1 N–H and O–H groups in total. The number of aryl methyl sites for hydroxylation is 2. The van der Waals surface area contributed by atoms with Crippen molar-refractivity contribution in [2.24, 2.45) is 11.3 Å². The van der Waals surface area contributed by atoms with E-state index in [-0.39, 0.29) is 17.7 Å². The van der Waals surface area contributed by atoms with Gasteiger partial charge < -0.3 is 15.0 Å². The van der Waals surface area contributed by atoms with Crippen molar-refractivity contribution in [3.63, 3.8) is 0 Å². The smallest absolute Gasteiger partial charge is 0.328 e. The quantitative estimate of drug-likeness (QED) is 0.805. The van der Waals surface area contributed by atoms with Crippen LogP contribution >= 0.6 is 0 Å². The van der Waals surface area contributed by atoms with E-state index in [1.807, 2.05) is 52.8 Å². The highest BCUT2D eigenvalue weighted by Crippen LogP contribution is 2.24. The minimum atomic E-state index is -0.726. The number of nitrogens with zero attached hydrogens (tertiary/aromatic N) is 1. The van der Waals surface area contributed by atoms with Crippen LogP contribution in [0.2, 0.25) is 0 Å². The van der Waals surface area contributed by atoms with E-state index >= 15 is 0 Å². The number of rotatable bonds is 4. The third-order valence-corrected chi connectivity index (χ3v) is 5.14. The van der Waals surface area contributed by atoms with Gasteiger partial charge in [0, 0.05) is 18.7 Å². The summed E-state index contributed by atoms with van der Waals surface area (Å²) in [6.45, 7) is 10.6. The lowest BCUT2D eigenvalue weighted by molar-refractivity contribution is -0.149. The summed E-state index contributed by atoms with van der Waals surface area (Å²) in [7, 11) is 1.32. The molecule has 28 heavy (non-hydrogen) atoms. The number of nitrogens with one attached hydrogen (secondary N) is 1. The van der Waals surface area contributed by atoms with Crippen LogP contribution in [0, 0.1) is 25.2 Å². The van der Waals surface area contributed by atoms with E-state index in [0.29, 0.717) is 25.1 Å². The van der Waals surface area contributed by atoms with Gasteiger partial charge in [0.2, 0.25) is 5.91 Å². The molecule has 1 fully saturated rings.